The van der Waals surface area contributed by atoms with E-state index >= 15 is 0 Å². The van der Waals surface area contributed by atoms with Crippen molar-refractivity contribution in [1.29, 1.82) is 0 Å². The van der Waals surface area contributed by atoms with Gasteiger partial charge in [0.2, 0.25) is 5.91 Å². The minimum absolute atomic E-state index is 0.0703. The molecule has 1 aromatic carbocycles. The molecule has 0 radical (unpaired) electrons. The van der Waals surface area contributed by atoms with Crippen molar-refractivity contribution in [1.82, 2.24) is 5.32 Å². The standard InChI is InChI=1S/C14H22N2O/c1-11-6-8-13(9-7-11)12(2)16-14(17)5-3-4-10-15/h6-9,12H,3-5,10,15H2,1-2H3,(H,16,17). The van der Waals surface area contributed by atoms with Crippen LogP contribution in [0.4, 0.5) is 0 Å². The van der Waals surface area contributed by atoms with Crippen molar-refractivity contribution < 1.29 is 4.79 Å². The molecule has 3 N–H and O–H groups in total. The average Bonchev–Trinajstić information content (AvgIpc) is 2.30. The first kappa shape index (κ1) is 13.7. The number of unbranched alkanes of at least 4 members (excludes halogenated alkanes) is 1. The maximum Gasteiger partial charge on any atom is 0.220 e. The van der Waals surface area contributed by atoms with Crippen LogP contribution < -0.4 is 11.1 Å². The Kier molecular flexibility index (Phi) is 5.70. The van der Waals surface area contributed by atoms with E-state index in [2.05, 4.69) is 36.5 Å². The lowest BCUT2D eigenvalue weighted by atomic mass is 10.1. The number of carbonyl (C=O) groups is 1. The predicted octanol–water partition coefficient (Wildman–Crippen LogP) is 2.30. The summed E-state index contributed by atoms with van der Waals surface area (Å²) >= 11 is 0. The number of hydrogen-bond donors (Lipinski definition) is 2. The van der Waals surface area contributed by atoms with Crippen molar-refractivity contribution in [3.8, 4) is 0 Å². The van der Waals surface area contributed by atoms with Gasteiger partial charge in [-0.05, 0) is 38.8 Å². The van der Waals surface area contributed by atoms with E-state index in [9.17, 15) is 4.79 Å². The number of amides is 1. The number of nitrogens with two attached hydrogens (primary N) is 1. The second kappa shape index (κ2) is 7.07. The third-order valence-corrected chi connectivity index (χ3v) is 2.81. The highest BCUT2D eigenvalue weighted by atomic mass is 16.1. The summed E-state index contributed by atoms with van der Waals surface area (Å²) in [4.78, 5) is 11.6. The first-order chi connectivity index (χ1) is 8.13. The molecule has 1 aromatic rings. The summed E-state index contributed by atoms with van der Waals surface area (Å²) in [6.07, 6.45) is 2.34. The molecule has 0 heterocycles. The molecule has 0 spiro atoms. The van der Waals surface area contributed by atoms with E-state index in [1.54, 1.807) is 0 Å². The van der Waals surface area contributed by atoms with Gasteiger partial charge in [-0.25, -0.2) is 0 Å². The highest BCUT2D eigenvalue weighted by molar-refractivity contribution is 5.76. The van der Waals surface area contributed by atoms with Gasteiger partial charge in [0, 0.05) is 6.42 Å². The highest BCUT2D eigenvalue weighted by Gasteiger charge is 2.08. The predicted molar refractivity (Wildman–Crippen MR) is 70.6 cm³/mol. The van der Waals surface area contributed by atoms with Gasteiger partial charge in [0.25, 0.3) is 0 Å². The third-order valence-electron chi connectivity index (χ3n) is 2.81. The van der Waals surface area contributed by atoms with Gasteiger partial charge in [-0.3, -0.25) is 4.79 Å². The first-order valence-corrected chi connectivity index (χ1v) is 6.19. The van der Waals surface area contributed by atoms with E-state index in [1.807, 2.05) is 6.92 Å². The number of rotatable bonds is 6. The average molecular weight is 234 g/mol. The number of carbonyl (C=O) groups excluding carboxylic acids is 1. The molecule has 0 fully saturated rings. The van der Waals surface area contributed by atoms with Crippen LogP contribution in [0.5, 0.6) is 0 Å². The molecule has 0 aliphatic rings. The fourth-order valence-electron chi connectivity index (χ4n) is 1.68. The van der Waals surface area contributed by atoms with E-state index in [0.717, 1.165) is 18.4 Å². The van der Waals surface area contributed by atoms with Crippen LogP contribution >= 0.6 is 0 Å². The maximum absolute atomic E-state index is 11.6. The summed E-state index contributed by atoms with van der Waals surface area (Å²) in [5, 5.41) is 2.99. The Morgan fingerprint density at radius 1 is 1.29 bits per heavy atom. The molecule has 3 heteroatoms. The van der Waals surface area contributed by atoms with Crippen molar-refractivity contribution in [2.45, 2.75) is 39.2 Å². The van der Waals surface area contributed by atoms with Crippen molar-refractivity contribution in [3.05, 3.63) is 35.4 Å². The minimum atomic E-state index is 0.0703. The number of nitrogens with one attached hydrogen (secondary N) is 1. The van der Waals surface area contributed by atoms with Crippen LogP contribution in [0, 0.1) is 6.92 Å². The van der Waals surface area contributed by atoms with Crippen LogP contribution in [0.3, 0.4) is 0 Å². The Labute approximate surface area is 103 Å². The van der Waals surface area contributed by atoms with Crippen molar-refractivity contribution in [2.24, 2.45) is 5.73 Å². The molecule has 0 aromatic heterocycles. The Bertz CT molecular complexity index is 346. The van der Waals surface area contributed by atoms with E-state index in [4.69, 9.17) is 5.73 Å². The van der Waals surface area contributed by atoms with Gasteiger partial charge >= 0.3 is 0 Å². The van der Waals surface area contributed by atoms with Crippen LogP contribution in [0.25, 0.3) is 0 Å². The SMILES string of the molecule is Cc1ccc(C(C)NC(=O)CCCCN)cc1. The summed E-state index contributed by atoms with van der Waals surface area (Å²) in [5.41, 5.74) is 7.76. The minimum Gasteiger partial charge on any atom is -0.350 e. The zero-order valence-corrected chi connectivity index (χ0v) is 10.7. The fourth-order valence-corrected chi connectivity index (χ4v) is 1.68. The maximum atomic E-state index is 11.6. The number of aryl methyl sites for hydroxylation is 1. The lowest BCUT2D eigenvalue weighted by Crippen LogP contribution is -2.26. The van der Waals surface area contributed by atoms with Crippen LogP contribution in [0.1, 0.15) is 43.4 Å². The molecule has 17 heavy (non-hydrogen) atoms. The zero-order chi connectivity index (χ0) is 12.7. The molecule has 3 nitrogen and oxygen atoms in total. The Hall–Kier alpha value is -1.35. The van der Waals surface area contributed by atoms with Gasteiger partial charge in [-0.1, -0.05) is 29.8 Å². The molecule has 0 aliphatic carbocycles. The normalized spacial score (nSPS) is 12.2. The summed E-state index contributed by atoms with van der Waals surface area (Å²) in [7, 11) is 0. The number of benzene rings is 1. The van der Waals surface area contributed by atoms with Crippen molar-refractivity contribution in [2.75, 3.05) is 6.54 Å². The van der Waals surface area contributed by atoms with Crippen molar-refractivity contribution in [3.63, 3.8) is 0 Å². The molecule has 1 unspecified atom stereocenters. The van der Waals surface area contributed by atoms with Gasteiger partial charge < -0.3 is 11.1 Å². The molecule has 0 bridgehead atoms. The number of hydrogen-bond acceptors (Lipinski definition) is 2. The summed E-state index contributed by atoms with van der Waals surface area (Å²) in [6, 6.07) is 8.31. The molecule has 1 amide bonds. The topological polar surface area (TPSA) is 55.1 Å². The Morgan fingerprint density at radius 2 is 1.94 bits per heavy atom. The van der Waals surface area contributed by atoms with Crippen molar-refractivity contribution >= 4 is 5.91 Å². The molecule has 1 atom stereocenters. The molecule has 0 aliphatic heterocycles. The van der Waals surface area contributed by atoms with Crippen LogP contribution in [0.15, 0.2) is 24.3 Å². The largest absolute Gasteiger partial charge is 0.350 e. The summed E-state index contributed by atoms with van der Waals surface area (Å²) < 4.78 is 0. The highest BCUT2D eigenvalue weighted by Crippen LogP contribution is 2.13. The lowest BCUT2D eigenvalue weighted by Gasteiger charge is -2.14. The quantitative estimate of drug-likeness (QED) is 0.742. The Morgan fingerprint density at radius 3 is 2.53 bits per heavy atom. The third kappa shape index (κ3) is 5.00. The van der Waals surface area contributed by atoms with Gasteiger partial charge in [0.1, 0.15) is 0 Å². The molecule has 1 rings (SSSR count). The van der Waals surface area contributed by atoms with Gasteiger partial charge in [0.05, 0.1) is 6.04 Å². The smallest absolute Gasteiger partial charge is 0.220 e. The fraction of sp³-hybridized carbons (Fsp3) is 0.500. The second-order valence-corrected chi connectivity index (χ2v) is 4.45. The van der Waals surface area contributed by atoms with Crippen LogP contribution in [-0.4, -0.2) is 12.5 Å². The van der Waals surface area contributed by atoms with Gasteiger partial charge in [0.15, 0.2) is 0 Å². The van der Waals surface area contributed by atoms with E-state index < -0.39 is 0 Å². The van der Waals surface area contributed by atoms with Gasteiger partial charge in [-0.15, -0.1) is 0 Å². The molecular formula is C14H22N2O. The van der Waals surface area contributed by atoms with Gasteiger partial charge in [-0.2, -0.15) is 0 Å². The van der Waals surface area contributed by atoms with E-state index in [0.29, 0.717) is 13.0 Å². The second-order valence-electron chi connectivity index (χ2n) is 4.45. The van der Waals surface area contributed by atoms with E-state index in [1.165, 1.54) is 5.56 Å². The lowest BCUT2D eigenvalue weighted by molar-refractivity contribution is -0.121. The monoisotopic (exact) mass is 234 g/mol. The summed E-state index contributed by atoms with van der Waals surface area (Å²) in [5.74, 6) is 0.103. The molecule has 0 saturated heterocycles. The molecular weight excluding hydrogens is 212 g/mol. The van der Waals surface area contributed by atoms with E-state index in [-0.39, 0.29) is 11.9 Å². The first-order valence-electron chi connectivity index (χ1n) is 6.19. The molecule has 0 saturated carbocycles. The summed E-state index contributed by atoms with van der Waals surface area (Å²) in [6.45, 7) is 4.71. The Balaban J connectivity index is 2.40. The zero-order valence-electron chi connectivity index (χ0n) is 10.7. The van der Waals surface area contributed by atoms with Crippen LogP contribution in [-0.2, 0) is 4.79 Å². The van der Waals surface area contributed by atoms with Crippen LogP contribution in [0.2, 0.25) is 0 Å². The molecule has 94 valence electrons.